The standard InChI is InChI=1S/C28H33ClN2O3/c1-4-6-7-8-17-33-23-13-9-21(10-14-23)25-18-31-26(19-30-25)22-11-15-24(16-12-22)34-28(32)27(29)20(3)5-2/h9-16,18-20,27H,4-8,17H2,1-3H3/t20-,27-/m0/s1. The number of benzene rings is 2. The smallest absolute Gasteiger partial charge is 0.329 e. The zero-order valence-corrected chi connectivity index (χ0v) is 20.9. The average Bonchev–Trinajstić information content (AvgIpc) is 2.88. The van der Waals surface area contributed by atoms with Gasteiger partial charge in [0.2, 0.25) is 0 Å². The highest BCUT2D eigenvalue weighted by Crippen LogP contribution is 2.25. The number of carbonyl (C=O) groups is 1. The highest BCUT2D eigenvalue weighted by Gasteiger charge is 2.23. The first-order valence-electron chi connectivity index (χ1n) is 12.0. The minimum atomic E-state index is -0.658. The summed E-state index contributed by atoms with van der Waals surface area (Å²) >= 11 is 6.17. The van der Waals surface area contributed by atoms with Crippen LogP contribution in [0.15, 0.2) is 60.9 Å². The van der Waals surface area contributed by atoms with Gasteiger partial charge in [0, 0.05) is 11.1 Å². The van der Waals surface area contributed by atoms with E-state index >= 15 is 0 Å². The number of unbranched alkanes of at least 4 members (excludes halogenated alkanes) is 3. The maximum absolute atomic E-state index is 12.2. The summed E-state index contributed by atoms with van der Waals surface area (Å²) in [7, 11) is 0. The predicted octanol–water partition coefficient (Wildman–Crippen LogP) is 7.33. The summed E-state index contributed by atoms with van der Waals surface area (Å²) in [6, 6.07) is 15.1. The molecule has 0 N–H and O–H groups in total. The molecule has 0 aliphatic rings. The van der Waals surface area contributed by atoms with E-state index in [1.807, 2.05) is 50.2 Å². The van der Waals surface area contributed by atoms with Gasteiger partial charge < -0.3 is 9.47 Å². The van der Waals surface area contributed by atoms with Crippen LogP contribution < -0.4 is 9.47 Å². The van der Waals surface area contributed by atoms with Crippen molar-refractivity contribution in [1.82, 2.24) is 9.97 Å². The molecular formula is C28H33ClN2O3. The van der Waals surface area contributed by atoms with Crippen LogP contribution in [-0.2, 0) is 4.79 Å². The third-order valence-corrected chi connectivity index (χ3v) is 6.41. The third kappa shape index (κ3) is 7.29. The van der Waals surface area contributed by atoms with E-state index in [-0.39, 0.29) is 5.92 Å². The zero-order chi connectivity index (χ0) is 24.3. The van der Waals surface area contributed by atoms with Crippen LogP contribution in [0.1, 0.15) is 52.9 Å². The Kier molecular flexibility index (Phi) is 9.89. The van der Waals surface area contributed by atoms with Gasteiger partial charge >= 0.3 is 5.97 Å². The molecular weight excluding hydrogens is 448 g/mol. The second-order valence-electron chi connectivity index (χ2n) is 8.45. The lowest BCUT2D eigenvalue weighted by Gasteiger charge is -2.14. The van der Waals surface area contributed by atoms with Crippen LogP contribution in [0.25, 0.3) is 22.5 Å². The van der Waals surface area contributed by atoms with Gasteiger partial charge in [-0.1, -0.05) is 46.5 Å². The molecule has 1 aromatic heterocycles. The Hall–Kier alpha value is -2.92. The number of rotatable bonds is 12. The van der Waals surface area contributed by atoms with Crippen LogP contribution in [0.3, 0.4) is 0 Å². The van der Waals surface area contributed by atoms with Crippen molar-refractivity contribution in [3.05, 3.63) is 60.9 Å². The molecule has 0 spiro atoms. The number of esters is 1. The second-order valence-corrected chi connectivity index (χ2v) is 8.92. The van der Waals surface area contributed by atoms with E-state index in [9.17, 15) is 4.79 Å². The first kappa shape index (κ1) is 25.7. The van der Waals surface area contributed by atoms with Crippen molar-refractivity contribution < 1.29 is 14.3 Å². The zero-order valence-electron chi connectivity index (χ0n) is 20.2. The normalized spacial score (nSPS) is 12.7. The van der Waals surface area contributed by atoms with Crippen LogP contribution in [0.2, 0.25) is 0 Å². The van der Waals surface area contributed by atoms with Gasteiger partial charge in [0.15, 0.2) is 0 Å². The molecule has 0 unspecified atom stereocenters. The summed E-state index contributed by atoms with van der Waals surface area (Å²) in [6.07, 6.45) is 9.08. The lowest BCUT2D eigenvalue weighted by Crippen LogP contribution is -2.26. The summed E-state index contributed by atoms with van der Waals surface area (Å²) in [5.74, 6) is 0.956. The molecule has 180 valence electrons. The number of alkyl halides is 1. The Morgan fingerprint density at radius 2 is 1.41 bits per heavy atom. The summed E-state index contributed by atoms with van der Waals surface area (Å²) in [6.45, 7) is 6.88. The number of hydrogen-bond donors (Lipinski definition) is 0. The number of aromatic nitrogens is 2. The molecule has 3 aromatic rings. The Labute approximate surface area is 207 Å². The van der Waals surface area contributed by atoms with E-state index < -0.39 is 11.3 Å². The lowest BCUT2D eigenvalue weighted by atomic mass is 10.1. The fraction of sp³-hybridized carbons (Fsp3) is 0.393. The molecule has 34 heavy (non-hydrogen) atoms. The van der Waals surface area contributed by atoms with Crippen LogP contribution >= 0.6 is 11.6 Å². The number of nitrogens with zero attached hydrogens (tertiary/aromatic N) is 2. The highest BCUT2D eigenvalue weighted by molar-refractivity contribution is 6.30. The Morgan fingerprint density at radius 1 is 0.853 bits per heavy atom. The van der Waals surface area contributed by atoms with Crippen LogP contribution in [-0.4, -0.2) is 27.9 Å². The SMILES string of the molecule is CCCCCCOc1ccc(-c2cnc(-c3ccc(OC(=O)[C@@H](Cl)[C@@H](C)CC)cc3)cn2)cc1. The number of hydrogen-bond acceptors (Lipinski definition) is 5. The molecule has 0 saturated carbocycles. The molecule has 0 fully saturated rings. The summed E-state index contributed by atoms with van der Waals surface area (Å²) < 4.78 is 11.2. The van der Waals surface area contributed by atoms with Gasteiger partial charge in [-0.2, -0.15) is 0 Å². The van der Waals surface area contributed by atoms with Crippen molar-refractivity contribution in [1.29, 1.82) is 0 Å². The number of carbonyl (C=O) groups excluding carboxylic acids is 1. The Morgan fingerprint density at radius 3 is 1.91 bits per heavy atom. The van der Waals surface area contributed by atoms with Crippen LogP contribution in [0, 0.1) is 5.92 Å². The van der Waals surface area contributed by atoms with E-state index in [1.54, 1.807) is 24.5 Å². The maximum atomic E-state index is 12.2. The minimum absolute atomic E-state index is 0.0570. The summed E-state index contributed by atoms with van der Waals surface area (Å²) in [5, 5.41) is -0.658. The van der Waals surface area contributed by atoms with E-state index in [0.717, 1.165) is 47.7 Å². The molecule has 0 bridgehead atoms. The summed E-state index contributed by atoms with van der Waals surface area (Å²) in [5.41, 5.74) is 3.40. The van der Waals surface area contributed by atoms with Crippen molar-refractivity contribution in [3.63, 3.8) is 0 Å². The average molecular weight is 481 g/mol. The highest BCUT2D eigenvalue weighted by atomic mass is 35.5. The van der Waals surface area contributed by atoms with Gasteiger partial charge in [0.05, 0.1) is 30.4 Å². The topological polar surface area (TPSA) is 61.3 Å². The van der Waals surface area contributed by atoms with Crippen molar-refractivity contribution in [2.75, 3.05) is 6.61 Å². The van der Waals surface area contributed by atoms with Gasteiger partial charge in [-0.25, -0.2) is 0 Å². The fourth-order valence-corrected chi connectivity index (χ4v) is 3.60. The van der Waals surface area contributed by atoms with Crippen LogP contribution in [0.5, 0.6) is 11.5 Å². The predicted molar refractivity (Wildman–Crippen MR) is 137 cm³/mol. The molecule has 2 aromatic carbocycles. The second kappa shape index (κ2) is 13.1. The van der Waals surface area contributed by atoms with Crippen LogP contribution in [0.4, 0.5) is 0 Å². The molecule has 0 saturated heterocycles. The molecule has 6 heteroatoms. The molecule has 0 aliphatic heterocycles. The van der Waals surface area contributed by atoms with E-state index in [1.165, 1.54) is 19.3 Å². The van der Waals surface area contributed by atoms with Gasteiger partial charge in [-0.05, 0) is 60.9 Å². The van der Waals surface area contributed by atoms with Crippen molar-refractivity contribution in [3.8, 4) is 34.0 Å². The van der Waals surface area contributed by atoms with Crippen molar-refractivity contribution in [2.24, 2.45) is 5.92 Å². The van der Waals surface area contributed by atoms with E-state index in [4.69, 9.17) is 21.1 Å². The van der Waals surface area contributed by atoms with Gasteiger partial charge in [0.25, 0.3) is 0 Å². The third-order valence-electron chi connectivity index (χ3n) is 5.81. The van der Waals surface area contributed by atoms with Gasteiger partial charge in [-0.3, -0.25) is 14.8 Å². The van der Waals surface area contributed by atoms with E-state index in [0.29, 0.717) is 5.75 Å². The van der Waals surface area contributed by atoms with Gasteiger partial charge in [-0.15, -0.1) is 11.6 Å². The first-order valence-corrected chi connectivity index (χ1v) is 12.5. The van der Waals surface area contributed by atoms with Gasteiger partial charge in [0.1, 0.15) is 16.9 Å². The molecule has 0 aliphatic carbocycles. The van der Waals surface area contributed by atoms with Crippen molar-refractivity contribution in [2.45, 2.75) is 58.3 Å². The quantitative estimate of drug-likeness (QED) is 0.117. The van der Waals surface area contributed by atoms with Crippen molar-refractivity contribution >= 4 is 17.6 Å². The molecule has 0 amide bonds. The Balaban J connectivity index is 1.57. The van der Waals surface area contributed by atoms with E-state index in [2.05, 4.69) is 16.9 Å². The number of ether oxygens (including phenoxy) is 2. The monoisotopic (exact) mass is 480 g/mol. The Bertz CT molecular complexity index is 1020. The minimum Gasteiger partial charge on any atom is -0.494 e. The number of halogens is 1. The maximum Gasteiger partial charge on any atom is 0.329 e. The first-order chi connectivity index (χ1) is 16.5. The molecule has 5 nitrogen and oxygen atoms in total. The lowest BCUT2D eigenvalue weighted by molar-refractivity contribution is -0.134. The molecule has 3 rings (SSSR count). The largest absolute Gasteiger partial charge is 0.494 e. The summed E-state index contributed by atoms with van der Waals surface area (Å²) in [4.78, 5) is 21.3. The fourth-order valence-electron chi connectivity index (χ4n) is 3.37. The molecule has 0 radical (unpaired) electrons. The molecule has 1 heterocycles. The molecule has 2 atom stereocenters.